The first-order valence-corrected chi connectivity index (χ1v) is 7.35. The fourth-order valence-electron chi connectivity index (χ4n) is 2.52. The number of anilines is 1. The molecule has 0 unspecified atom stereocenters. The van der Waals surface area contributed by atoms with E-state index in [4.69, 9.17) is 0 Å². The van der Waals surface area contributed by atoms with Gasteiger partial charge in [0.2, 0.25) is 11.8 Å². The number of hydrogen-bond donors (Lipinski definition) is 1. The third-order valence-electron chi connectivity index (χ3n) is 3.60. The highest BCUT2D eigenvalue weighted by atomic mass is 16.2. The van der Waals surface area contributed by atoms with Crippen LogP contribution in [-0.4, -0.2) is 53.2 Å². The van der Waals surface area contributed by atoms with E-state index in [9.17, 15) is 14.4 Å². The summed E-state index contributed by atoms with van der Waals surface area (Å²) in [5.41, 5.74) is 1.04. The van der Waals surface area contributed by atoms with Crippen molar-refractivity contribution in [1.82, 2.24) is 9.80 Å². The van der Waals surface area contributed by atoms with Crippen LogP contribution in [0, 0.1) is 0 Å². The van der Waals surface area contributed by atoms with Crippen molar-refractivity contribution in [3.05, 3.63) is 29.8 Å². The Morgan fingerprint density at radius 1 is 1.23 bits per heavy atom. The van der Waals surface area contributed by atoms with Crippen LogP contribution in [-0.2, 0) is 9.59 Å². The molecule has 6 nitrogen and oxygen atoms in total. The first-order valence-electron chi connectivity index (χ1n) is 7.35. The minimum Gasteiger partial charge on any atom is -0.337 e. The van der Waals surface area contributed by atoms with Gasteiger partial charge >= 0.3 is 0 Å². The van der Waals surface area contributed by atoms with Crippen LogP contribution in [0.2, 0.25) is 0 Å². The topological polar surface area (TPSA) is 69.7 Å². The number of hydrogen-bond acceptors (Lipinski definition) is 3. The maximum Gasteiger partial charge on any atom is 0.254 e. The number of nitrogens with zero attached hydrogens (tertiary/aromatic N) is 2. The van der Waals surface area contributed by atoms with Gasteiger partial charge in [0.15, 0.2) is 0 Å². The van der Waals surface area contributed by atoms with Crippen LogP contribution in [0.1, 0.15) is 31.1 Å². The quantitative estimate of drug-likeness (QED) is 0.916. The van der Waals surface area contributed by atoms with Crippen molar-refractivity contribution in [2.24, 2.45) is 0 Å². The van der Waals surface area contributed by atoms with E-state index in [2.05, 4.69) is 5.32 Å². The fourth-order valence-corrected chi connectivity index (χ4v) is 2.52. The highest BCUT2D eigenvalue weighted by Crippen LogP contribution is 2.15. The number of rotatable bonds is 3. The van der Waals surface area contributed by atoms with Crippen molar-refractivity contribution in [3.8, 4) is 0 Å². The van der Waals surface area contributed by atoms with Crippen LogP contribution in [0.4, 0.5) is 5.69 Å². The first-order chi connectivity index (χ1) is 10.4. The normalized spacial score (nSPS) is 15.2. The molecule has 0 saturated carbocycles. The molecule has 0 radical (unpaired) electrons. The minimum atomic E-state index is -0.191. The second kappa shape index (κ2) is 6.60. The second-order valence-corrected chi connectivity index (χ2v) is 5.67. The molecule has 0 atom stereocenters. The standard InChI is InChI=1S/C16H21N3O3/c1-11(2)19-8-7-18(10-15(19)21)16(22)13-5-4-6-14(9-13)17-12(3)20/h4-6,9,11H,7-8,10H2,1-3H3,(H,17,20). The largest absolute Gasteiger partial charge is 0.337 e. The van der Waals surface area contributed by atoms with Gasteiger partial charge in [-0.05, 0) is 32.0 Å². The third-order valence-corrected chi connectivity index (χ3v) is 3.60. The summed E-state index contributed by atoms with van der Waals surface area (Å²) in [6.45, 7) is 6.51. The van der Waals surface area contributed by atoms with E-state index < -0.39 is 0 Å². The number of carbonyl (C=O) groups excluding carboxylic acids is 3. The van der Waals surface area contributed by atoms with E-state index in [0.717, 1.165) is 0 Å². The number of piperazine rings is 1. The number of benzene rings is 1. The molecule has 6 heteroatoms. The molecule has 118 valence electrons. The van der Waals surface area contributed by atoms with E-state index in [-0.39, 0.29) is 30.3 Å². The number of carbonyl (C=O) groups is 3. The van der Waals surface area contributed by atoms with Crippen LogP contribution in [0.3, 0.4) is 0 Å². The van der Waals surface area contributed by atoms with Crippen LogP contribution in [0.5, 0.6) is 0 Å². The lowest BCUT2D eigenvalue weighted by Gasteiger charge is -2.36. The fraction of sp³-hybridized carbons (Fsp3) is 0.438. The summed E-state index contributed by atoms with van der Waals surface area (Å²) >= 11 is 0. The molecule has 1 N–H and O–H groups in total. The molecule has 3 amide bonds. The summed E-state index contributed by atoms with van der Waals surface area (Å²) in [5, 5.41) is 2.65. The summed E-state index contributed by atoms with van der Waals surface area (Å²) in [7, 11) is 0. The van der Waals surface area contributed by atoms with Crippen molar-refractivity contribution in [2.75, 3.05) is 25.0 Å². The summed E-state index contributed by atoms with van der Waals surface area (Å²) < 4.78 is 0. The molecule has 0 bridgehead atoms. The Kier molecular flexibility index (Phi) is 4.80. The maximum absolute atomic E-state index is 12.5. The lowest BCUT2D eigenvalue weighted by atomic mass is 10.1. The minimum absolute atomic E-state index is 0.0346. The summed E-state index contributed by atoms with van der Waals surface area (Å²) in [4.78, 5) is 39.0. The molecule has 0 aromatic heterocycles. The van der Waals surface area contributed by atoms with Crippen LogP contribution < -0.4 is 5.32 Å². The number of nitrogens with one attached hydrogen (secondary N) is 1. The van der Waals surface area contributed by atoms with Crippen molar-refractivity contribution in [1.29, 1.82) is 0 Å². The van der Waals surface area contributed by atoms with Crippen LogP contribution in [0.15, 0.2) is 24.3 Å². The van der Waals surface area contributed by atoms with Gasteiger partial charge in [0.25, 0.3) is 5.91 Å². The summed E-state index contributed by atoms with van der Waals surface area (Å²) in [6.07, 6.45) is 0. The molecule has 1 aliphatic rings. The molecule has 22 heavy (non-hydrogen) atoms. The first kappa shape index (κ1) is 16.0. The monoisotopic (exact) mass is 303 g/mol. The Hall–Kier alpha value is -2.37. The average Bonchev–Trinajstić information content (AvgIpc) is 2.45. The molecule has 0 spiro atoms. The van der Waals surface area contributed by atoms with Gasteiger partial charge in [-0.3, -0.25) is 14.4 Å². The Morgan fingerprint density at radius 3 is 2.55 bits per heavy atom. The summed E-state index contributed by atoms with van der Waals surface area (Å²) in [5.74, 6) is -0.415. The lowest BCUT2D eigenvalue weighted by Crippen LogP contribution is -2.54. The predicted molar refractivity (Wildman–Crippen MR) is 83.5 cm³/mol. The molecule has 1 aromatic rings. The second-order valence-electron chi connectivity index (χ2n) is 5.67. The van der Waals surface area contributed by atoms with E-state index in [1.807, 2.05) is 13.8 Å². The molecule has 0 aliphatic carbocycles. The van der Waals surface area contributed by atoms with Gasteiger partial charge in [0.05, 0.1) is 0 Å². The Bertz CT molecular complexity index is 598. The van der Waals surface area contributed by atoms with E-state index in [1.54, 1.807) is 34.1 Å². The van der Waals surface area contributed by atoms with Crippen LogP contribution in [0.25, 0.3) is 0 Å². The Morgan fingerprint density at radius 2 is 1.95 bits per heavy atom. The zero-order valence-corrected chi connectivity index (χ0v) is 13.1. The molecule has 1 aliphatic heterocycles. The zero-order chi connectivity index (χ0) is 16.3. The van der Waals surface area contributed by atoms with Crippen molar-refractivity contribution in [2.45, 2.75) is 26.8 Å². The van der Waals surface area contributed by atoms with Gasteiger partial charge in [0, 0.05) is 37.3 Å². The molecule has 1 aromatic carbocycles. The van der Waals surface area contributed by atoms with E-state index in [0.29, 0.717) is 24.3 Å². The Balaban J connectivity index is 2.09. The highest BCUT2D eigenvalue weighted by molar-refractivity contribution is 5.98. The van der Waals surface area contributed by atoms with Gasteiger partial charge in [-0.15, -0.1) is 0 Å². The van der Waals surface area contributed by atoms with Gasteiger partial charge in [-0.1, -0.05) is 6.07 Å². The van der Waals surface area contributed by atoms with Crippen LogP contribution >= 0.6 is 0 Å². The third kappa shape index (κ3) is 3.63. The zero-order valence-electron chi connectivity index (χ0n) is 13.1. The molecular weight excluding hydrogens is 282 g/mol. The SMILES string of the molecule is CC(=O)Nc1cccc(C(=O)N2CCN(C(C)C)C(=O)C2)c1. The molecule has 2 rings (SSSR count). The number of amides is 3. The van der Waals surface area contributed by atoms with Gasteiger partial charge in [0.1, 0.15) is 6.54 Å². The van der Waals surface area contributed by atoms with Crippen molar-refractivity contribution in [3.63, 3.8) is 0 Å². The van der Waals surface area contributed by atoms with Gasteiger partial charge in [-0.25, -0.2) is 0 Å². The van der Waals surface area contributed by atoms with Gasteiger partial charge < -0.3 is 15.1 Å². The lowest BCUT2D eigenvalue weighted by molar-refractivity contribution is -0.136. The molecular formula is C16H21N3O3. The van der Waals surface area contributed by atoms with E-state index in [1.165, 1.54) is 6.92 Å². The smallest absolute Gasteiger partial charge is 0.254 e. The summed E-state index contributed by atoms with van der Waals surface area (Å²) in [6, 6.07) is 6.90. The molecule has 1 saturated heterocycles. The predicted octanol–water partition coefficient (Wildman–Crippen LogP) is 1.34. The van der Waals surface area contributed by atoms with Crippen molar-refractivity contribution >= 4 is 23.4 Å². The van der Waals surface area contributed by atoms with Gasteiger partial charge in [-0.2, -0.15) is 0 Å². The highest BCUT2D eigenvalue weighted by Gasteiger charge is 2.28. The van der Waals surface area contributed by atoms with Crippen molar-refractivity contribution < 1.29 is 14.4 Å². The average molecular weight is 303 g/mol. The Labute approximate surface area is 130 Å². The molecule has 1 fully saturated rings. The maximum atomic E-state index is 12.5. The van der Waals surface area contributed by atoms with E-state index >= 15 is 0 Å². The molecule has 1 heterocycles.